The minimum absolute atomic E-state index is 0.150. The minimum atomic E-state index is -3.13. The predicted octanol–water partition coefficient (Wildman–Crippen LogP) is 0.974. The van der Waals surface area contributed by atoms with Crippen molar-refractivity contribution in [2.45, 2.75) is 12.7 Å². The molecule has 0 unspecified atom stereocenters. The second-order valence-corrected chi connectivity index (χ2v) is 6.08. The van der Waals surface area contributed by atoms with Crippen LogP contribution in [-0.4, -0.2) is 35.7 Å². The van der Waals surface area contributed by atoms with Crippen molar-refractivity contribution in [3.05, 3.63) is 23.8 Å². The second kappa shape index (κ2) is 4.60. The molecule has 1 aliphatic rings. The third-order valence-corrected chi connectivity index (χ3v) is 4.57. The molecule has 0 N–H and O–H groups in total. The highest BCUT2D eigenvalue weighted by Crippen LogP contribution is 2.31. The quantitative estimate of drug-likeness (QED) is 0.752. The Kier molecular flexibility index (Phi) is 3.33. The molecule has 2 radical (unpaired) electrons. The highest BCUT2D eigenvalue weighted by atomic mass is 32.2. The molecule has 90 valence electrons. The average molecular weight is 251 g/mol. The van der Waals surface area contributed by atoms with Gasteiger partial charge in [-0.3, -0.25) is 4.31 Å². The number of ether oxygens (including phenoxy) is 1. The van der Waals surface area contributed by atoms with E-state index < -0.39 is 10.0 Å². The van der Waals surface area contributed by atoms with Crippen molar-refractivity contribution in [3.63, 3.8) is 0 Å². The topological polar surface area (TPSA) is 46.6 Å². The Hall–Kier alpha value is -1.17. The van der Waals surface area contributed by atoms with Crippen LogP contribution >= 0.6 is 0 Å². The molecular formula is C11H14BNO3S. The van der Waals surface area contributed by atoms with E-state index in [2.05, 4.69) is 0 Å². The third kappa shape index (κ3) is 2.41. The van der Waals surface area contributed by atoms with Gasteiger partial charge >= 0.3 is 0 Å². The molecule has 0 fully saturated rings. The van der Waals surface area contributed by atoms with Crippen LogP contribution in [0.5, 0.6) is 5.75 Å². The molecule has 0 amide bonds. The van der Waals surface area contributed by atoms with Crippen molar-refractivity contribution in [1.29, 1.82) is 0 Å². The van der Waals surface area contributed by atoms with Crippen LogP contribution in [0.2, 0.25) is 6.32 Å². The number of anilines is 1. The number of fused-ring (bicyclic) bond motifs is 1. The standard InChI is InChI=1S/C11H14BNO3S/c1-13-11-3-2-10(16-6-5-12)8-9(11)4-7-17(13,14)15/h2-3,8H,4-7H2,1H3. The van der Waals surface area contributed by atoms with Gasteiger partial charge in [0.05, 0.1) is 25.9 Å². The summed E-state index contributed by atoms with van der Waals surface area (Å²) < 4.78 is 30.1. The first-order chi connectivity index (χ1) is 8.04. The number of nitrogens with zero attached hydrogens (tertiary/aromatic N) is 1. The predicted molar refractivity (Wildman–Crippen MR) is 68.4 cm³/mol. The Bertz CT molecular complexity index is 515. The molecule has 4 nitrogen and oxygen atoms in total. The summed E-state index contributed by atoms with van der Waals surface area (Å²) in [4.78, 5) is 0. The van der Waals surface area contributed by atoms with Gasteiger partial charge in [0.15, 0.2) is 0 Å². The van der Waals surface area contributed by atoms with Gasteiger partial charge in [0, 0.05) is 7.05 Å². The van der Waals surface area contributed by atoms with Gasteiger partial charge in [-0.05, 0) is 30.2 Å². The summed E-state index contributed by atoms with van der Waals surface area (Å²) in [5, 5.41) is 0. The minimum Gasteiger partial charge on any atom is -0.494 e. The molecule has 1 aromatic rings. The van der Waals surface area contributed by atoms with E-state index in [1.165, 1.54) is 4.31 Å². The summed E-state index contributed by atoms with van der Waals surface area (Å²) in [5.41, 5.74) is 1.73. The molecular weight excluding hydrogens is 237 g/mol. The maximum Gasteiger partial charge on any atom is 0.235 e. The Morgan fingerprint density at radius 2 is 2.24 bits per heavy atom. The first-order valence-electron chi connectivity index (χ1n) is 5.47. The van der Waals surface area contributed by atoms with Gasteiger partial charge in [0.1, 0.15) is 5.75 Å². The lowest BCUT2D eigenvalue weighted by Gasteiger charge is -2.27. The van der Waals surface area contributed by atoms with Gasteiger partial charge < -0.3 is 4.74 Å². The molecule has 0 aliphatic carbocycles. The van der Waals surface area contributed by atoms with Crippen LogP contribution in [0.15, 0.2) is 18.2 Å². The molecule has 0 spiro atoms. The maximum atomic E-state index is 11.7. The van der Waals surface area contributed by atoms with Gasteiger partial charge in [-0.15, -0.1) is 0 Å². The Morgan fingerprint density at radius 3 is 2.94 bits per heavy atom. The van der Waals surface area contributed by atoms with E-state index in [0.717, 1.165) is 17.0 Å². The number of rotatable bonds is 3. The fourth-order valence-corrected chi connectivity index (χ4v) is 3.09. The van der Waals surface area contributed by atoms with Gasteiger partial charge in [0.25, 0.3) is 0 Å². The molecule has 6 heteroatoms. The summed E-state index contributed by atoms with van der Waals surface area (Å²) in [5.74, 6) is 0.888. The Balaban J connectivity index is 2.30. The zero-order valence-electron chi connectivity index (χ0n) is 9.72. The van der Waals surface area contributed by atoms with Gasteiger partial charge in [-0.2, -0.15) is 0 Å². The molecule has 0 saturated carbocycles. The molecule has 1 heterocycles. The summed E-state index contributed by atoms with van der Waals surface area (Å²) >= 11 is 0. The fourth-order valence-electron chi connectivity index (χ4n) is 1.86. The van der Waals surface area contributed by atoms with Crippen molar-refractivity contribution >= 4 is 23.6 Å². The second-order valence-electron chi connectivity index (χ2n) is 3.96. The highest BCUT2D eigenvalue weighted by molar-refractivity contribution is 7.92. The molecule has 1 aliphatic heterocycles. The number of hydrogen-bond donors (Lipinski definition) is 0. The molecule has 0 saturated heterocycles. The summed E-state index contributed by atoms with van der Waals surface area (Å²) in [6, 6.07) is 5.43. The van der Waals surface area contributed by atoms with E-state index in [0.29, 0.717) is 19.3 Å². The number of hydrogen-bond acceptors (Lipinski definition) is 3. The molecule has 2 rings (SSSR count). The van der Waals surface area contributed by atoms with E-state index in [1.54, 1.807) is 19.2 Å². The molecule has 0 atom stereocenters. The summed E-state index contributed by atoms with van der Waals surface area (Å²) in [6.45, 7) is 0.465. The first-order valence-corrected chi connectivity index (χ1v) is 7.08. The zero-order chi connectivity index (χ0) is 12.5. The monoisotopic (exact) mass is 251 g/mol. The summed E-state index contributed by atoms with van der Waals surface area (Å²) in [7, 11) is 3.80. The van der Waals surface area contributed by atoms with Crippen LogP contribution in [0.4, 0.5) is 5.69 Å². The molecule has 0 bridgehead atoms. The van der Waals surface area contributed by atoms with Gasteiger partial charge in [-0.25, -0.2) is 8.42 Å². The van der Waals surface area contributed by atoms with E-state index in [4.69, 9.17) is 12.6 Å². The number of benzene rings is 1. The van der Waals surface area contributed by atoms with Crippen molar-refractivity contribution < 1.29 is 13.2 Å². The first kappa shape index (κ1) is 12.3. The van der Waals surface area contributed by atoms with E-state index in [1.807, 2.05) is 6.07 Å². The van der Waals surface area contributed by atoms with E-state index in [9.17, 15) is 8.42 Å². The smallest absolute Gasteiger partial charge is 0.235 e. The number of aryl methyl sites for hydroxylation is 1. The van der Waals surface area contributed by atoms with Crippen molar-refractivity contribution in [3.8, 4) is 5.75 Å². The van der Waals surface area contributed by atoms with Crippen LogP contribution in [-0.2, 0) is 16.4 Å². The zero-order valence-corrected chi connectivity index (χ0v) is 10.5. The molecule has 1 aromatic carbocycles. The lowest BCUT2D eigenvalue weighted by Crippen LogP contribution is -2.34. The van der Waals surface area contributed by atoms with Crippen LogP contribution < -0.4 is 9.04 Å². The molecule has 17 heavy (non-hydrogen) atoms. The fraction of sp³-hybridized carbons (Fsp3) is 0.455. The normalized spacial score (nSPS) is 17.6. The van der Waals surface area contributed by atoms with Crippen LogP contribution in [0.25, 0.3) is 0 Å². The van der Waals surface area contributed by atoms with E-state index >= 15 is 0 Å². The SMILES string of the molecule is [B]CCOc1ccc2c(c1)CCS(=O)(=O)N2C. The van der Waals surface area contributed by atoms with Crippen LogP contribution in [0.1, 0.15) is 5.56 Å². The van der Waals surface area contributed by atoms with Crippen molar-refractivity contribution in [1.82, 2.24) is 0 Å². The highest BCUT2D eigenvalue weighted by Gasteiger charge is 2.26. The van der Waals surface area contributed by atoms with Crippen LogP contribution in [0.3, 0.4) is 0 Å². The lowest BCUT2D eigenvalue weighted by atomic mass is 10.1. The van der Waals surface area contributed by atoms with Gasteiger partial charge in [0.2, 0.25) is 10.0 Å². The van der Waals surface area contributed by atoms with Gasteiger partial charge in [-0.1, -0.05) is 6.32 Å². The Labute approximate surface area is 103 Å². The Morgan fingerprint density at radius 1 is 1.47 bits per heavy atom. The average Bonchev–Trinajstić information content (AvgIpc) is 2.32. The number of sulfonamides is 1. The van der Waals surface area contributed by atoms with E-state index in [-0.39, 0.29) is 5.75 Å². The van der Waals surface area contributed by atoms with Crippen molar-refractivity contribution in [2.75, 3.05) is 23.7 Å². The van der Waals surface area contributed by atoms with Crippen molar-refractivity contribution in [2.24, 2.45) is 0 Å². The van der Waals surface area contributed by atoms with Crippen LogP contribution in [0, 0.1) is 0 Å². The third-order valence-electron chi connectivity index (χ3n) is 2.82. The largest absolute Gasteiger partial charge is 0.494 e. The summed E-state index contributed by atoms with van der Waals surface area (Å²) in [6.07, 6.45) is 0.993. The molecule has 0 aromatic heterocycles. The maximum absolute atomic E-state index is 11.7. The lowest BCUT2D eigenvalue weighted by molar-refractivity contribution is 0.340.